The Balaban J connectivity index is 1.81. The molecule has 2 aromatic heterocycles. The molecule has 0 amide bonds. The lowest BCUT2D eigenvalue weighted by Gasteiger charge is -2.09. The third-order valence-electron chi connectivity index (χ3n) is 4.07. The van der Waals surface area contributed by atoms with Crippen molar-refractivity contribution in [2.75, 3.05) is 12.4 Å². The van der Waals surface area contributed by atoms with E-state index >= 15 is 0 Å². The highest BCUT2D eigenvalue weighted by molar-refractivity contribution is 7.17. The number of hydrogen-bond acceptors (Lipinski definition) is 5. The number of thiophene rings is 1. The van der Waals surface area contributed by atoms with Crippen molar-refractivity contribution < 1.29 is 4.74 Å². The van der Waals surface area contributed by atoms with Crippen LogP contribution in [0.2, 0.25) is 0 Å². The number of methoxy groups -OCH3 is 1. The molecule has 0 unspecified atom stereocenters. The molecule has 1 N–H and O–H groups in total. The van der Waals surface area contributed by atoms with Gasteiger partial charge < -0.3 is 10.1 Å². The maximum atomic E-state index is 5.30. The molecule has 0 bridgehead atoms. The quantitative estimate of drug-likeness (QED) is 0.535. The van der Waals surface area contributed by atoms with Crippen molar-refractivity contribution >= 4 is 33.1 Å². The van der Waals surface area contributed by atoms with Crippen LogP contribution in [0, 0.1) is 6.92 Å². The smallest absolute Gasteiger partial charge is 0.143 e. The minimum Gasteiger partial charge on any atom is -0.497 e. The number of nitrogens with one attached hydrogen (secondary N) is 1. The van der Waals surface area contributed by atoms with E-state index in [4.69, 9.17) is 4.74 Å². The second-order valence-electron chi connectivity index (χ2n) is 5.77. The van der Waals surface area contributed by atoms with Crippen LogP contribution in [0.4, 0.5) is 11.5 Å². The van der Waals surface area contributed by atoms with Gasteiger partial charge in [0, 0.05) is 22.7 Å². The maximum Gasteiger partial charge on any atom is 0.143 e. The molecule has 2 aromatic carbocycles. The molecular formula is C20H17N3OS. The fourth-order valence-electron chi connectivity index (χ4n) is 2.75. The lowest BCUT2D eigenvalue weighted by molar-refractivity contribution is 0.415. The first-order valence-corrected chi connectivity index (χ1v) is 8.83. The minimum atomic E-state index is 0.801. The number of ether oxygens (including phenoxy) is 1. The lowest BCUT2D eigenvalue weighted by atomic mass is 10.0. The summed E-state index contributed by atoms with van der Waals surface area (Å²) in [6.07, 6.45) is 1.60. The van der Waals surface area contributed by atoms with Crippen molar-refractivity contribution in [2.24, 2.45) is 0 Å². The van der Waals surface area contributed by atoms with E-state index in [1.54, 1.807) is 24.8 Å². The number of rotatable bonds is 4. The lowest BCUT2D eigenvalue weighted by Crippen LogP contribution is -1.96. The first-order valence-electron chi connectivity index (χ1n) is 7.95. The van der Waals surface area contributed by atoms with Crippen LogP contribution in [0.15, 0.2) is 60.2 Å². The van der Waals surface area contributed by atoms with Crippen molar-refractivity contribution in [1.82, 2.24) is 9.97 Å². The van der Waals surface area contributed by atoms with E-state index in [0.29, 0.717) is 0 Å². The fourth-order valence-corrected chi connectivity index (χ4v) is 3.67. The normalized spacial score (nSPS) is 10.8. The van der Waals surface area contributed by atoms with E-state index in [1.807, 2.05) is 24.3 Å². The highest BCUT2D eigenvalue weighted by Crippen LogP contribution is 2.37. The van der Waals surface area contributed by atoms with E-state index in [2.05, 4.69) is 51.9 Å². The summed E-state index contributed by atoms with van der Waals surface area (Å²) in [6.45, 7) is 2.09. The summed E-state index contributed by atoms with van der Waals surface area (Å²) in [7, 11) is 1.66. The van der Waals surface area contributed by atoms with Gasteiger partial charge in [0.25, 0.3) is 0 Å². The number of anilines is 2. The Kier molecular flexibility index (Phi) is 4.07. The zero-order valence-corrected chi connectivity index (χ0v) is 14.8. The van der Waals surface area contributed by atoms with Gasteiger partial charge in [0.1, 0.15) is 22.7 Å². The molecule has 0 aliphatic carbocycles. The third-order valence-corrected chi connectivity index (χ3v) is 4.95. The molecular weight excluding hydrogens is 330 g/mol. The molecule has 5 heteroatoms. The van der Waals surface area contributed by atoms with Gasteiger partial charge in [-0.2, -0.15) is 0 Å². The topological polar surface area (TPSA) is 47.0 Å². The Bertz CT molecular complexity index is 1020. The van der Waals surface area contributed by atoms with Gasteiger partial charge in [-0.15, -0.1) is 11.3 Å². The van der Waals surface area contributed by atoms with Gasteiger partial charge in [-0.3, -0.25) is 0 Å². The van der Waals surface area contributed by atoms with Crippen LogP contribution in [-0.4, -0.2) is 17.1 Å². The van der Waals surface area contributed by atoms with E-state index in [1.165, 1.54) is 11.1 Å². The molecule has 0 aliphatic rings. The number of aromatic nitrogens is 2. The highest BCUT2D eigenvalue weighted by Gasteiger charge is 2.13. The zero-order chi connectivity index (χ0) is 17.2. The van der Waals surface area contributed by atoms with Crippen LogP contribution in [-0.2, 0) is 0 Å². The first-order chi connectivity index (χ1) is 12.2. The van der Waals surface area contributed by atoms with Gasteiger partial charge in [-0.1, -0.05) is 35.9 Å². The molecule has 2 heterocycles. The molecule has 0 saturated carbocycles. The minimum absolute atomic E-state index is 0.801. The molecule has 0 atom stereocenters. The largest absolute Gasteiger partial charge is 0.497 e. The second kappa shape index (κ2) is 6.53. The Morgan fingerprint density at radius 3 is 2.68 bits per heavy atom. The summed E-state index contributed by atoms with van der Waals surface area (Å²) >= 11 is 1.63. The SMILES string of the molecule is COc1cccc(Nc2ncnc3scc(-c4ccc(C)cc4)c23)c1. The summed E-state index contributed by atoms with van der Waals surface area (Å²) in [5.74, 6) is 1.61. The molecule has 124 valence electrons. The maximum absolute atomic E-state index is 5.30. The van der Waals surface area contributed by atoms with Crippen LogP contribution in [0.5, 0.6) is 5.75 Å². The van der Waals surface area contributed by atoms with Crippen LogP contribution in [0.25, 0.3) is 21.3 Å². The van der Waals surface area contributed by atoms with Crippen molar-refractivity contribution in [3.63, 3.8) is 0 Å². The molecule has 0 spiro atoms. The molecule has 0 saturated heterocycles. The molecule has 4 rings (SSSR count). The van der Waals surface area contributed by atoms with Gasteiger partial charge >= 0.3 is 0 Å². The summed E-state index contributed by atoms with van der Waals surface area (Å²) in [4.78, 5) is 9.87. The number of hydrogen-bond donors (Lipinski definition) is 1. The molecule has 4 nitrogen and oxygen atoms in total. The van der Waals surface area contributed by atoms with Gasteiger partial charge in [-0.05, 0) is 24.6 Å². The van der Waals surface area contributed by atoms with E-state index in [9.17, 15) is 0 Å². The molecule has 25 heavy (non-hydrogen) atoms. The van der Waals surface area contributed by atoms with Crippen LogP contribution in [0.3, 0.4) is 0 Å². The van der Waals surface area contributed by atoms with Gasteiger partial charge in [0.05, 0.1) is 12.5 Å². The van der Waals surface area contributed by atoms with E-state index in [0.717, 1.165) is 33.0 Å². The predicted molar refractivity (Wildman–Crippen MR) is 104 cm³/mol. The zero-order valence-electron chi connectivity index (χ0n) is 14.0. The Morgan fingerprint density at radius 1 is 1.04 bits per heavy atom. The van der Waals surface area contributed by atoms with Gasteiger partial charge in [0.2, 0.25) is 0 Å². The molecule has 0 radical (unpaired) electrons. The summed E-state index contributed by atoms with van der Waals surface area (Å²) in [5.41, 5.74) is 4.49. The van der Waals surface area contributed by atoms with Gasteiger partial charge in [0.15, 0.2) is 0 Å². The van der Waals surface area contributed by atoms with Crippen LogP contribution in [0.1, 0.15) is 5.56 Å². The summed E-state index contributed by atoms with van der Waals surface area (Å²) in [5, 5.41) is 6.59. The second-order valence-corrected chi connectivity index (χ2v) is 6.63. The van der Waals surface area contributed by atoms with Crippen LogP contribution >= 0.6 is 11.3 Å². The summed E-state index contributed by atoms with van der Waals surface area (Å²) in [6, 6.07) is 16.3. The van der Waals surface area contributed by atoms with Crippen molar-refractivity contribution in [1.29, 1.82) is 0 Å². The monoisotopic (exact) mass is 347 g/mol. The number of fused-ring (bicyclic) bond motifs is 1. The Hall–Kier alpha value is -2.92. The number of benzene rings is 2. The Labute approximate surface area is 150 Å². The van der Waals surface area contributed by atoms with Gasteiger partial charge in [-0.25, -0.2) is 9.97 Å². The molecule has 0 fully saturated rings. The van der Waals surface area contributed by atoms with Crippen molar-refractivity contribution in [2.45, 2.75) is 6.92 Å². The predicted octanol–water partition coefficient (Wildman–Crippen LogP) is 5.42. The van der Waals surface area contributed by atoms with E-state index < -0.39 is 0 Å². The highest BCUT2D eigenvalue weighted by atomic mass is 32.1. The molecule has 4 aromatic rings. The standard InChI is InChI=1S/C20H17N3OS/c1-13-6-8-14(9-7-13)17-11-25-20-18(17)19(21-12-22-20)23-15-4-3-5-16(10-15)24-2/h3-12H,1-2H3,(H,21,22,23). The number of nitrogens with zero attached hydrogens (tertiary/aromatic N) is 2. The third kappa shape index (κ3) is 3.06. The van der Waals surface area contributed by atoms with Crippen molar-refractivity contribution in [3.8, 4) is 16.9 Å². The van der Waals surface area contributed by atoms with E-state index in [-0.39, 0.29) is 0 Å². The number of aryl methyl sites for hydroxylation is 1. The van der Waals surface area contributed by atoms with Crippen LogP contribution < -0.4 is 10.1 Å². The average molecular weight is 347 g/mol. The Morgan fingerprint density at radius 2 is 1.88 bits per heavy atom. The fraction of sp³-hybridized carbons (Fsp3) is 0.100. The summed E-state index contributed by atoms with van der Waals surface area (Å²) < 4.78 is 5.30. The molecule has 0 aliphatic heterocycles. The first kappa shape index (κ1) is 15.6. The average Bonchev–Trinajstić information content (AvgIpc) is 3.08. The van der Waals surface area contributed by atoms with Crippen molar-refractivity contribution in [3.05, 3.63) is 65.8 Å².